The van der Waals surface area contributed by atoms with Crippen molar-refractivity contribution < 1.29 is 9.59 Å². The molecule has 0 bridgehead atoms. The molecule has 2 aliphatic rings. The van der Waals surface area contributed by atoms with E-state index in [1.54, 1.807) is 4.90 Å². The largest absolute Gasteiger partial charge is 0.354 e. The number of likely N-dealkylation sites (tertiary alicyclic amines) is 1. The fraction of sp³-hybridized carbons (Fsp3) is 0.667. The van der Waals surface area contributed by atoms with Gasteiger partial charge in [0.25, 0.3) is 0 Å². The van der Waals surface area contributed by atoms with Crippen molar-refractivity contribution in [3.8, 4) is 0 Å². The minimum Gasteiger partial charge on any atom is -0.354 e. The number of nitrogens with zero attached hydrogens (tertiary/aromatic N) is 2. The number of hydrogen-bond donors (Lipinski definition) is 1. The molecule has 0 aliphatic carbocycles. The van der Waals surface area contributed by atoms with E-state index in [0.29, 0.717) is 25.9 Å². The SMILES string of the molecule is CC(C)CC(=O)N1Cc2ccccc2CC1C(=O)NCCCN1CCC(C)CC1. The van der Waals surface area contributed by atoms with Gasteiger partial charge in [0.05, 0.1) is 0 Å². The number of nitrogens with one attached hydrogen (secondary N) is 1. The van der Waals surface area contributed by atoms with Crippen LogP contribution in [0.3, 0.4) is 0 Å². The smallest absolute Gasteiger partial charge is 0.243 e. The lowest BCUT2D eigenvalue weighted by molar-refractivity contribution is -0.142. The van der Waals surface area contributed by atoms with Crippen LogP contribution in [0.4, 0.5) is 0 Å². The standard InChI is InChI=1S/C24H37N3O2/c1-18(2)15-23(28)27-17-21-8-5-4-7-20(21)16-22(27)24(29)25-11-6-12-26-13-9-19(3)10-14-26/h4-5,7-8,18-19,22H,6,9-17H2,1-3H3,(H,25,29). The first-order valence-corrected chi connectivity index (χ1v) is 11.3. The van der Waals surface area contributed by atoms with Crippen molar-refractivity contribution in [1.82, 2.24) is 15.1 Å². The highest BCUT2D eigenvalue weighted by Crippen LogP contribution is 2.25. The van der Waals surface area contributed by atoms with Crippen LogP contribution in [0, 0.1) is 11.8 Å². The molecule has 0 aromatic heterocycles. The highest BCUT2D eigenvalue weighted by molar-refractivity contribution is 5.88. The van der Waals surface area contributed by atoms with Crippen molar-refractivity contribution in [2.24, 2.45) is 11.8 Å². The van der Waals surface area contributed by atoms with Crippen LogP contribution in [0.2, 0.25) is 0 Å². The third kappa shape index (κ3) is 6.05. The van der Waals surface area contributed by atoms with E-state index in [1.165, 1.54) is 31.5 Å². The molecule has 1 atom stereocenters. The average molecular weight is 400 g/mol. The van der Waals surface area contributed by atoms with E-state index in [0.717, 1.165) is 24.4 Å². The first-order valence-electron chi connectivity index (χ1n) is 11.3. The number of amides is 2. The summed E-state index contributed by atoms with van der Waals surface area (Å²) in [7, 11) is 0. The molecule has 0 spiro atoms. The second kappa shape index (κ2) is 10.2. The monoisotopic (exact) mass is 399 g/mol. The minimum absolute atomic E-state index is 0.0103. The third-order valence-corrected chi connectivity index (χ3v) is 6.28. The maximum absolute atomic E-state index is 13.0. The highest BCUT2D eigenvalue weighted by Gasteiger charge is 2.34. The van der Waals surface area contributed by atoms with E-state index in [9.17, 15) is 9.59 Å². The fourth-order valence-electron chi connectivity index (χ4n) is 4.40. The number of rotatable bonds is 7. The van der Waals surface area contributed by atoms with Crippen LogP contribution in [0.5, 0.6) is 0 Å². The molecule has 0 radical (unpaired) electrons. The fourth-order valence-corrected chi connectivity index (χ4v) is 4.40. The molecular formula is C24H37N3O2. The molecule has 3 rings (SSSR count). The average Bonchev–Trinajstić information content (AvgIpc) is 2.71. The number of fused-ring (bicyclic) bond motifs is 1. The van der Waals surface area contributed by atoms with Crippen LogP contribution in [0.15, 0.2) is 24.3 Å². The van der Waals surface area contributed by atoms with E-state index in [1.807, 2.05) is 26.0 Å². The lowest BCUT2D eigenvalue weighted by Crippen LogP contribution is -2.53. The summed E-state index contributed by atoms with van der Waals surface area (Å²) in [6.45, 7) is 11.0. The van der Waals surface area contributed by atoms with Gasteiger partial charge in [-0.25, -0.2) is 0 Å². The van der Waals surface area contributed by atoms with Crippen molar-refractivity contribution in [3.05, 3.63) is 35.4 Å². The third-order valence-electron chi connectivity index (χ3n) is 6.28. The van der Waals surface area contributed by atoms with Gasteiger partial charge >= 0.3 is 0 Å². The quantitative estimate of drug-likeness (QED) is 0.716. The van der Waals surface area contributed by atoms with Gasteiger partial charge in [-0.2, -0.15) is 0 Å². The summed E-state index contributed by atoms with van der Waals surface area (Å²) < 4.78 is 0. The molecule has 1 saturated heterocycles. The molecule has 160 valence electrons. The maximum atomic E-state index is 13.0. The van der Waals surface area contributed by atoms with Gasteiger partial charge in [-0.1, -0.05) is 45.0 Å². The second-order valence-corrected chi connectivity index (χ2v) is 9.28. The Morgan fingerprint density at radius 2 is 1.83 bits per heavy atom. The van der Waals surface area contributed by atoms with Crippen LogP contribution in [-0.4, -0.2) is 53.8 Å². The van der Waals surface area contributed by atoms with E-state index < -0.39 is 6.04 Å². The normalized spacial score (nSPS) is 20.6. The highest BCUT2D eigenvalue weighted by atomic mass is 16.2. The van der Waals surface area contributed by atoms with Gasteiger partial charge < -0.3 is 15.1 Å². The zero-order chi connectivity index (χ0) is 20.8. The molecule has 1 aromatic carbocycles. The van der Waals surface area contributed by atoms with E-state index >= 15 is 0 Å². The van der Waals surface area contributed by atoms with Crippen LogP contribution >= 0.6 is 0 Å². The predicted molar refractivity (Wildman–Crippen MR) is 116 cm³/mol. The molecule has 1 N–H and O–H groups in total. The summed E-state index contributed by atoms with van der Waals surface area (Å²) in [6.07, 6.45) is 4.61. The van der Waals surface area contributed by atoms with E-state index in [-0.39, 0.29) is 17.7 Å². The minimum atomic E-state index is -0.396. The van der Waals surface area contributed by atoms with Gasteiger partial charge in [-0.3, -0.25) is 9.59 Å². The molecule has 1 aromatic rings. The lowest BCUT2D eigenvalue weighted by atomic mass is 9.92. The van der Waals surface area contributed by atoms with Crippen LogP contribution in [0.25, 0.3) is 0 Å². The summed E-state index contributed by atoms with van der Waals surface area (Å²) >= 11 is 0. The number of carbonyl (C=O) groups excluding carboxylic acids is 2. The Balaban J connectivity index is 1.55. The summed E-state index contributed by atoms with van der Waals surface area (Å²) in [5, 5.41) is 3.11. The molecule has 2 heterocycles. The van der Waals surface area contributed by atoms with E-state index in [4.69, 9.17) is 0 Å². The summed E-state index contributed by atoms with van der Waals surface area (Å²) in [5.74, 6) is 1.20. The molecule has 0 saturated carbocycles. The van der Waals surface area contributed by atoms with Crippen molar-refractivity contribution in [2.75, 3.05) is 26.2 Å². The topological polar surface area (TPSA) is 52.7 Å². The number of benzene rings is 1. The van der Waals surface area contributed by atoms with Gasteiger partial charge in [0.1, 0.15) is 6.04 Å². The number of carbonyl (C=O) groups is 2. The first kappa shape index (κ1) is 21.8. The Bertz CT molecular complexity index is 695. The number of piperidine rings is 1. The van der Waals surface area contributed by atoms with Crippen molar-refractivity contribution >= 4 is 11.8 Å². The van der Waals surface area contributed by atoms with Crippen LogP contribution in [-0.2, 0) is 22.6 Å². The molecule has 5 heteroatoms. The second-order valence-electron chi connectivity index (χ2n) is 9.28. The first-order chi connectivity index (χ1) is 13.9. The predicted octanol–water partition coefficient (Wildman–Crippen LogP) is 3.22. The molecule has 1 unspecified atom stereocenters. The molecule has 29 heavy (non-hydrogen) atoms. The van der Waals surface area contributed by atoms with E-state index in [2.05, 4.69) is 29.3 Å². The molecule has 2 amide bonds. The van der Waals surface area contributed by atoms with Crippen LogP contribution in [0.1, 0.15) is 57.6 Å². The van der Waals surface area contributed by atoms with Gasteiger partial charge in [-0.05, 0) is 61.9 Å². The van der Waals surface area contributed by atoms with Gasteiger partial charge in [-0.15, -0.1) is 0 Å². The van der Waals surface area contributed by atoms with Gasteiger partial charge in [0.15, 0.2) is 0 Å². The Morgan fingerprint density at radius 1 is 1.14 bits per heavy atom. The van der Waals surface area contributed by atoms with Crippen molar-refractivity contribution in [1.29, 1.82) is 0 Å². The summed E-state index contributed by atoms with van der Waals surface area (Å²) in [4.78, 5) is 30.1. The molecule has 1 fully saturated rings. The number of hydrogen-bond acceptors (Lipinski definition) is 3. The Labute approximate surface area is 175 Å². The molecule has 5 nitrogen and oxygen atoms in total. The van der Waals surface area contributed by atoms with Crippen molar-refractivity contribution in [3.63, 3.8) is 0 Å². The maximum Gasteiger partial charge on any atom is 0.243 e. The Hall–Kier alpha value is -1.88. The summed E-state index contributed by atoms with van der Waals surface area (Å²) in [5.41, 5.74) is 2.34. The zero-order valence-electron chi connectivity index (χ0n) is 18.3. The van der Waals surface area contributed by atoms with Gasteiger partial charge in [0, 0.05) is 25.9 Å². The zero-order valence-corrected chi connectivity index (χ0v) is 18.3. The lowest BCUT2D eigenvalue weighted by Gasteiger charge is -2.36. The Kier molecular flexibility index (Phi) is 7.70. The van der Waals surface area contributed by atoms with Crippen molar-refractivity contribution in [2.45, 2.75) is 65.5 Å². The Morgan fingerprint density at radius 3 is 2.52 bits per heavy atom. The summed E-state index contributed by atoms with van der Waals surface area (Å²) in [6, 6.07) is 7.77. The molecule has 2 aliphatic heterocycles. The molecular weight excluding hydrogens is 362 g/mol. The van der Waals surface area contributed by atoms with Gasteiger partial charge in [0.2, 0.25) is 11.8 Å². The van der Waals surface area contributed by atoms with Crippen LogP contribution < -0.4 is 5.32 Å².